The van der Waals surface area contributed by atoms with E-state index in [0.29, 0.717) is 21.2 Å². The molecule has 6 nitrogen and oxygen atoms in total. The molecule has 4 atom stereocenters. The minimum absolute atomic E-state index is 0.00744. The van der Waals surface area contributed by atoms with Crippen molar-refractivity contribution in [1.82, 2.24) is 5.32 Å². The summed E-state index contributed by atoms with van der Waals surface area (Å²) in [6.07, 6.45) is -0.00744. The molecule has 0 bridgehead atoms. The first kappa shape index (κ1) is 23.8. The van der Waals surface area contributed by atoms with E-state index in [4.69, 9.17) is 34.8 Å². The molecule has 35 heavy (non-hydrogen) atoms. The maximum absolute atomic E-state index is 13.9. The van der Waals surface area contributed by atoms with E-state index in [-0.39, 0.29) is 17.1 Å². The summed E-state index contributed by atoms with van der Waals surface area (Å²) in [7, 11) is 0. The van der Waals surface area contributed by atoms with E-state index >= 15 is 0 Å². The van der Waals surface area contributed by atoms with Gasteiger partial charge in [-0.1, -0.05) is 83.3 Å². The predicted molar refractivity (Wildman–Crippen MR) is 134 cm³/mol. The van der Waals surface area contributed by atoms with Gasteiger partial charge in [0, 0.05) is 22.5 Å². The molecule has 0 unspecified atom stereocenters. The molecule has 2 aliphatic heterocycles. The SMILES string of the molecule is O=C1[C@@H]2[C@H](c3ccccc3Cl)N[C@@](Cc3ccccc3)(C(=O)O)[C@H]2C(=O)N1c1ccc(Cl)cc1Cl. The number of fused-ring (bicyclic) bond motifs is 1. The van der Waals surface area contributed by atoms with Crippen molar-refractivity contribution >= 4 is 58.3 Å². The van der Waals surface area contributed by atoms with Crippen LogP contribution in [-0.2, 0) is 20.8 Å². The Labute approximate surface area is 216 Å². The highest BCUT2D eigenvalue weighted by Crippen LogP contribution is 2.52. The van der Waals surface area contributed by atoms with Crippen molar-refractivity contribution in [3.8, 4) is 0 Å². The largest absolute Gasteiger partial charge is 0.480 e. The van der Waals surface area contributed by atoms with Crippen molar-refractivity contribution in [3.05, 3.63) is 99.0 Å². The number of rotatable bonds is 5. The summed E-state index contributed by atoms with van der Waals surface area (Å²) in [5.74, 6) is -4.60. The van der Waals surface area contributed by atoms with Gasteiger partial charge in [0.1, 0.15) is 5.54 Å². The first-order valence-corrected chi connectivity index (χ1v) is 12.0. The number of amides is 2. The summed E-state index contributed by atoms with van der Waals surface area (Å²) in [6, 6.07) is 19.5. The first-order valence-electron chi connectivity index (χ1n) is 10.9. The van der Waals surface area contributed by atoms with Gasteiger partial charge in [-0.25, -0.2) is 4.90 Å². The second kappa shape index (κ2) is 8.95. The molecule has 3 aromatic rings. The Kier molecular flexibility index (Phi) is 6.09. The van der Waals surface area contributed by atoms with Crippen LogP contribution in [-0.4, -0.2) is 28.4 Å². The molecule has 2 N–H and O–H groups in total. The number of nitrogens with zero attached hydrogens (tertiary/aromatic N) is 1. The van der Waals surface area contributed by atoms with E-state index in [2.05, 4.69) is 5.32 Å². The molecule has 0 radical (unpaired) electrons. The number of carboxylic acids is 1. The molecule has 178 valence electrons. The normalized spacial score (nSPS) is 25.7. The molecule has 0 aromatic heterocycles. The van der Waals surface area contributed by atoms with Gasteiger partial charge in [-0.05, 0) is 35.4 Å². The Bertz CT molecular complexity index is 1350. The van der Waals surface area contributed by atoms with Crippen LogP contribution in [0.3, 0.4) is 0 Å². The zero-order valence-corrected chi connectivity index (χ0v) is 20.4. The lowest BCUT2D eigenvalue weighted by molar-refractivity contribution is -0.148. The predicted octanol–water partition coefficient (Wildman–Crippen LogP) is 5.16. The summed E-state index contributed by atoms with van der Waals surface area (Å²) >= 11 is 18.8. The lowest BCUT2D eigenvalue weighted by Crippen LogP contribution is -2.57. The molecule has 2 saturated heterocycles. The average molecular weight is 530 g/mol. The van der Waals surface area contributed by atoms with E-state index in [1.54, 1.807) is 48.5 Å². The third kappa shape index (κ3) is 3.81. The van der Waals surface area contributed by atoms with E-state index < -0.39 is 41.2 Å². The van der Waals surface area contributed by atoms with Crippen LogP contribution in [0.15, 0.2) is 72.8 Å². The standard InChI is InChI=1S/C26H19Cl3N2O4/c27-15-10-11-19(18(29)12-15)31-23(32)20-21(24(31)33)26(25(34)35,13-14-6-2-1-3-7-14)30-22(20)16-8-4-5-9-17(16)28/h1-12,20-22,30H,13H2,(H,34,35)/t20-,21+,22-,26+/m0/s1. The summed E-state index contributed by atoms with van der Waals surface area (Å²) < 4.78 is 0. The van der Waals surface area contributed by atoms with Crippen LogP contribution in [0.25, 0.3) is 0 Å². The van der Waals surface area contributed by atoms with Gasteiger partial charge in [0.25, 0.3) is 0 Å². The first-order chi connectivity index (χ1) is 16.7. The van der Waals surface area contributed by atoms with Gasteiger partial charge in [-0.2, -0.15) is 0 Å². The molecule has 3 aromatic carbocycles. The van der Waals surface area contributed by atoms with Crippen LogP contribution in [0.4, 0.5) is 5.69 Å². The second-order valence-electron chi connectivity index (χ2n) is 8.69. The van der Waals surface area contributed by atoms with Crippen molar-refractivity contribution in [2.24, 2.45) is 11.8 Å². The van der Waals surface area contributed by atoms with Gasteiger partial charge < -0.3 is 5.11 Å². The highest BCUT2D eigenvalue weighted by molar-refractivity contribution is 6.38. The highest BCUT2D eigenvalue weighted by atomic mass is 35.5. The molecule has 2 aliphatic rings. The number of anilines is 1. The summed E-state index contributed by atoms with van der Waals surface area (Å²) in [5.41, 5.74) is -0.330. The number of hydrogen-bond donors (Lipinski definition) is 2. The fourth-order valence-corrected chi connectivity index (χ4v) is 6.00. The van der Waals surface area contributed by atoms with Crippen LogP contribution in [0.5, 0.6) is 0 Å². The van der Waals surface area contributed by atoms with Gasteiger partial charge in [0.2, 0.25) is 11.8 Å². The average Bonchev–Trinajstić information content (AvgIpc) is 3.29. The summed E-state index contributed by atoms with van der Waals surface area (Å²) in [4.78, 5) is 41.6. The molecule has 0 aliphatic carbocycles. The zero-order chi connectivity index (χ0) is 24.9. The number of nitrogens with one attached hydrogen (secondary N) is 1. The van der Waals surface area contributed by atoms with Crippen LogP contribution >= 0.6 is 34.8 Å². The van der Waals surface area contributed by atoms with Crippen molar-refractivity contribution in [2.45, 2.75) is 18.0 Å². The molecule has 0 spiro atoms. The second-order valence-corrected chi connectivity index (χ2v) is 9.94. The van der Waals surface area contributed by atoms with Crippen molar-refractivity contribution in [2.75, 3.05) is 4.90 Å². The van der Waals surface area contributed by atoms with Gasteiger partial charge in [0.05, 0.1) is 22.5 Å². The number of carboxylic acid groups (broad SMARTS) is 1. The number of carbonyl (C=O) groups excluding carboxylic acids is 2. The van der Waals surface area contributed by atoms with Crippen molar-refractivity contribution in [3.63, 3.8) is 0 Å². The topological polar surface area (TPSA) is 86.7 Å². The quantitative estimate of drug-likeness (QED) is 0.446. The lowest BCUT2D eigenvalue weighted by atomic mass is 9.76. The molecule has 5 rings (SSSR count). The molecule has 2 amide bonds. The van der Waals surface area contributed by atoms with Gasteiger partial charge in [0.15, 0.2) is 0 Å². The number of carbonyl (C=O) groups is 3. The monoisotopic (exact) mass is 528 g/mol. The fraction of sp³-hybridized carbons (Fsp3) is 0.192. The lowest BCUT2D eigenvalue weighted by Gasteiger charge is -2.31. The third-order valence-electron chi connectivity index (χ3n) is 6.75. The molecular weight excluding hydrogens is 511 g/mol. The minimum Gasteiger partial charge on any atom is -0.480 e. The van der Waals surface area contributed by atoms with Crippen LogP contribution in [0, 0.1) is 11.8 Å². The molecule has 9 heteroatoms. The number of imide groups is 1. The van der Waals surface area contributed by atoms with Crippen LogP contribution < -0.4 is 10.2 Å². The Morgan fingerprint density at radius 2 is 1.60 bits per heavy atom. The Hall–Kier alpha value is -2.90. The Morgan fingerprint density at radius 3 is 2.26 bits per heavy atom. The van der Waals surface area contributed by atoms with Crippen LogP contribution in [0.2, 0.25) is 15.1 Å². The van der Waals surface area contributed by atoms with E-state index in [1.807, 2.05) is 6.07 Å². The Morgan fingerprint density at radius 1 is 0.914 bits per heavy atom. The number of benzene rings is 3. The number of aliphatic carboxylic acids is 1. The molecule has 2 heterocycles. The Balaban J connectivity index is 1.69. The third-order valence-corrected chi connectivity index (χ3v) is 7.63. The molecular formula is C26H19Cl3N2O4. The summed E-state index contributed by atoms with van der Waals surface area (Å²) in [5, 5.41) is 14.5. The smallest absolute Gasteiger partial charge is 0.325 e. The number of halogens is 3. The summed E-state index contributed by atoms with van der Waals surface area (Å²) in [6.45, 7) is 0. The van der Waals surface area contributed by atoms with Gasteiger partial charge in [-0.15, -0.1) is 0 Å². The minimum atomic E-state index is -1.75. The van der Waals surface area contributed by atoms with E-state index in [1.165, 1.54) is 18.2 Å². The van der Waals surface area contributed by atoms with E-state index in [0.717, 1.165) is 4.90 Å². The maximum atomic E-state index is 13.9. The molecule has 0 saturated carbocycles. The van der Waals surface area contributed by atoms with E-state index in [9.17, 15) is 19.5 Å². The van der Waals surface area contributed by atoms with Crippen molar-refractivity contribution < 1.29 is 19.5 Å². The zero-order valence-electron chi connectivity index (χ0n) is 18.1. The van der Waals surface area contributed by atoms with Gasteiger partial charge in [-0.3, -0.25) is 19.7 Å². The number of hydrogen-bond acceptors (Lipinski definition) is 4. The fourth-order valence-electron chi connectivity index (χ4n) is 5.25. The molecule has 2 fully saturated rings. The van der Waals surface area contributed by atoms with Crippen molar-refractivity contribution in [1.29, 1.82) is 0 Å². The van der Waals surface area contributed by atoms with Gasteiger partial charge >= 0.3 is 5.97 Å². The highest BCUT2D eigenvalue weighted by Gasteiger charge is 2.68. The van der Waals surface area contributed by atoms with Crippen LogP contribution in [0.1, 0.15) is 17.2 Å². The maximum Gasteiger partial charge on any atom is 0.325 e.